The minimum atomic E-state index is -0.167. The highest BCUT2D eigenvalue weighted by Crippen LogP contribution is 2.26. The van der Waals surface area contributed by atoms with E-state index in [0.717, 1.165) is 27.4 Å². The van der Waals surface area contributed by atoms with Crippen molar-refractivity contribution in [2.45, 2.75) is 20.1 Å². The highest BCUT2D eigenvalue weighted by atomic mass is 32.1. The number of hydrogen-bond acceptors (Lipinski definition) is 4. The van der Waals surface area contributed by atoms with Crippen LogP contribution >= 0.6 is 11.3 Å². The van der Waals surface area contributed by atoms with Crippen LogP contribution in [-0.2, 0) is 13.2 Å². The fourth-order valence-corrected chi connectivity index (χ4v) is 3.85. The van der Waals surface area contributed by atoms with Gasteiger partial charge in [-0.1, -0.05) is 60.2 Å². The van der Waals surface area contributed by atoms with Gasteiger partial charge >= 0.3 is 0 Å². The molecule has 0 fully saturated rings. The number of nitrogens with zero attached hydrogens (tertiary/aromatic N) is 1. The molecule has 0 saturated heterocycles. The number of ether oxygens (including phenoxy) is 1. The fourth-order valence-electron chi connectivity index (χ4n) is 3.04. The van der Waals surface area contributed by atoms with Crippen LogP contribution in [0.3, 0.4) is 0 Å². The normalized spacial score (nSPS) is 10.6. The maximum absolute atomic E-state index is 12.4. The Morgan fingerprint density at radius 2 is 1.73 bits per heavy atom. The first-order valence-corrected chi connectivity index (χ1v) is 10.6. The maximum atomic E-state index is 12.4. The number of carbonyl (C=O) groups is 1. The number of thiazole rings is 1. The van der Waals surface area contributed by atoms with E-state index < -0.39 is 0 Å². The molecule has 1 heterocycles. The molecule has 5 heteroatoms. The molecule has 0 aliphatic rings. The molecule has 150 valence electrons. The van der Waals surface area contributed by atoms with Gasteiger partial charge in [-0.15, -0.1) is 11.3 Å². The molecule has 0 aliphatic heterocycles. The quantitative estimate of drug-likeness (QED) is 0.426. The Morgan fingerprint density at radius 1 is 0.967 bits per heavy atom. The Bertz CT molecular complexity index is 1120. The zero-order valence-electron chi connectivity index (χ0n) is 16.7. The number of benzene rings is 3. The van der Waals surface area contributed by atoms with E-state index in [9.17, 15) is 4.79 Å². The molecule has 30 heavy (non-hydrogen) atoms. The molecule has 0 saturated carbocycles. The van der Waals surface area contributed by atoms with E-state index in [1.54, 1.807) is 5.38 Å². The smallest absolute Gasteiger partial charge is 0.271 e. The molecule has 0 bridgehead atoms. The van der Waals surface area contributed by atoms with Crippen molar-refractivity contribution >= 4 is 17.2 Å². The third-order valence-electron chi connectivity index (χ3n) is 4.62. The molecule has 1 N–H and O–H groups in total. The molecule has 0 spiro atoms. The van der Waals surface area contributed by atoms with Crippen LogP contribution in [0.15, 0.2) is 84.2 Å². The average Bonchev–Trinajstić information content (AvgIpc) is 3.28. The van der Waals surface area contributed by atoms with Crippen molar-refractivity contribution < 1.29 is 9.53 Å². The molecule has 0 radical (unpaired) electrons. The third kappa shape index (κ3) is 5.13. The minimum absolute atomic E-state index is 0.167. The molecule has 0 unspecified atom stereocenters. The first-order valence-electron chi connectivity index (χ1n) is 9.74. The second kappa shape index (κ2) is 9.37. The molecule has 0 aliphatic carbocycles. The van der Waals surface area contributed by atoms with Gasteiger partial charge in [-0.3, -0.25) is 4.79 Å². The lowest BCUT2D eigenvalue weighted by atomic mass is 10.1. The van der Waals surface area contributed by atoms with E-state index in [4.69, 9.17) is 4.74 Å². The molecule has 3 aromatic carbocycles. The molecule has 4 aromatic rings. The van der Waals surface area contributed by atoms with E-state index in [-0.39, 0.29) is 5.91 Å². The molecule has 1 amide bonds. The second-order valence-electron chi connectivity index (χ2n) is 7.01. The summed E-state index contributed by atoms with van der Waals surface area (Å²) in [6.45, 7) is 3.09. The van der Waals surface area contributed by atoms with Gasteiger partial charge in [-0.2, -0.15) is 0 Å². The lowest BCUT2D eigenvalue weighted by Crippen LogP contribution is -2.23. The van der Waals surface area contributed by atoms with Crippen molar-refractivity contribution in [3.8, 4) is 16.3 Å². The van der Waals surface area contributed by atoms with E-state index in [0.29, 0.717) is 18.8 Å². The Labute approximate surface area is 180 Å². The first kappa shape index (κ1) is 19.9. The van der Waals surface area contributed by atoms with Crippen molar-refractivity contribution in [1.82, 2.24) is 10.3 Å². The predicted octanol–water partition coefficient (Wildman–Crippen LogP) is 5.63. The zero-order valence-corrected chi connectivity index (χ0v) is 17.5. The topological polar surface area (TPSA) is 51.2 Å². The number of aromatic nitrogens is 1. The van der Waals surface area contributed by atoms with Crippen LogP contribution in [0.25, 0.3) is 10.6 Å². The number of carbonyl (C=O) groups excluding carboxylic acids is 1. The lowest BCUT2D eigenvalue weighted by Gasteiger charge is -2.07. The molecule has 4 rings (SSSR count). The highest BCUT2D eigenvalue weighted by Gasteiger charge is 2.12. The number of aryl methyl sites for hydroxylation is 1. The van der Waals surface area contributed by atoms with Gasteiger partial charge in [0.1, 0.15) is 23.1 Å². The number of rotatable bonds is 7. The van der Waals surface area contributed by atoms with Gasteiger partial charge in [-0.25, -0.2) is 4.98 Å². The summed E-state index contributed by atoms with van der Waals surface area (Å²) in [6.07, 6.45) is 0. The van der Waals surface area contributed by atoms with Gasteiger partial charge in [-0.05, 0) is 42.3 Å². The first-order chi connectivity index (χ1) is 14.7. The maximum Gasteiger partial charge on any atom is 0.271 e. The Balaban J connectivity index is 1.35. The van der Waals surface area contributed by atoms with E-state index in [2.05, 4.69) is 35.4 Å². The molecule has 1 aromatic heterocycles. The van der Waals surface area contributed by atoms with E-state index in [1.807, 2.05) is 60.7 Å². The van der Waals surface area contributed by atoms with Crippen LogP contribution in [0.2, 0.25) is 0 Å². The summed E-state index contributed by atoms with van der Waals surface area (Å²) in [5.41, 5.74) is 4.82. The van der Waals surface area contributed by atoms with Crippen molar-refractivity contribution in [1.29, 1.82) is 0 Å². The van der Waals surface area contributed by atoms with E-state index in [1.165, 1.54) is 16.9 Å². The molecular weight excluding hydrogens is 392 g/mol. The summed E-state index contributed by atoms with van der Waals surface area (Å²) >= 11 is 1.46. The van der Waals surface area contributed by atoms with Crippen LogP contribution < -0.4 is 10.1 Å². The van der Waals surface area contributed by atoms with Gasteiger partial charge in [0.15, 0.2) is 0 Å². The van der Waals surface area contributed by atoms with E-state index >= 15 is 0 Å². The predicted molar refractivity (Wildman–Crippen MR) is 121 cm³/mol. The van der Waals surface area contributed by atoms with Crippen molar-refractivity contribution in [3.05, 3.63) is 107 Å². The lowest BCUT2D eigenvalue weighted by molar-refractivity contribution is 0.0946. The SMILES string of the molecule is Cc1cccc(COc2ccc(-c3nc(C(=O)NCc4ccccc4)cs3)cc2)c1. The van der Waals surface area contributed by atoms with Gasteiger partial charge in [0.2, 0.25) is 0 Å². The Hall–Kier alpha value is -3.44. The van der Waals surface area contributed by atoms with Crippen molar-refractivity contribution in [2.24, 2.45) is 0 Å². The zero-order chi connectivity index (χ0) is 20.8. The summed E-state index contributed by atoms with van der Waals surface area (Å²) in [4.78, 5) is 16.9. The molecular formula is C25H22N2O2S. The van der Waals surface area contributed by atoms with Crippen molar-refractivity contribution in [3.63, 3.8) is 0 Å². The monoisotopic (exact) mass is 414 g/mol. The van der Waals surface area contributed by atoms with Gasteiger partial charge in [0.25, 0.3) is 5.91 Å². The second-order valence-corrected chi connectivity index (χ2v) is 7.87. The standard InChI is InChI=1S/C25H22N2O2S/c1-18-6-5-9-20(14-18)16-29-22-12-10-21(11-13-22)25-27-23(17-30-25)24(28)26-15-19-7-3-2-4-8-19/h2-14,17H,15-16H2,1H3,(H,26,28). The van der Waals surface area contributed by atoms with Crippen LogP contribution in [-0.4, -0.2) is 10.9 Å². The highest BCUT2D eigenvalue weighted by molar-refractivity contribution is 7.13. The van der Waals surface area contributed by atoms with Crippen LogP contribution in [0, 0.1) is 6.92 Å². The number of amides is 1. The number of hydrogen-bond donors (Lipinski definition) is 1. The van der Waals surface area contributed by atoms with Crippen molar-refractivity contribution in [2.75, 3.05) is 0 Å². The summed E-state index contributed by atoms with van der Waals surface area (Å²) in [5.74, 6) is 0.636. The van der Waals surface area contributed by atoms with Crippen LogP contribution in [0.4, 0.5) is 0 Å². The van der Waals surface area contributed by atoms with Crippen LogP contribution in [0.1, 0.15) is 27.2 Å². The van der Waals surface area contributed by atoms with Gasteiger partial charge < -0.3 is 10.1 Å². The molecule has 0 atom stereocenters. The van der Waals surface area contributed by atoms with Gasteiger partial charge in [0.05, 0.1) is 0 Å². The summed E-state index contributed by atoms with van der Waals surface area (Å²) < 4.78 is 5.87. The van der Waals surface area contributed by atoms with Gasteiger partial charge in [0, 0.05) is 17.5 Å². The summed E-state index contributed by atoms with van der Waals surface area (Å²) in [5, 5.41) is 5.51. The minimum Gasteiger partial charge on any atom is -0.489 e. The molecule has 4 nitrogen and oxygen atoms in total. The summed E-state index contributed by atoms with van der Waals surface area (Å²) in [7, 11) is 0. The summed E-state index contributed by atoms with van der Waals surface area (Å²) in [6, 6.07) is 25.9. The fraction of sp³-hybridized carbons (Fsp3) is 0.120. The Morgan fingerprint density at radius 3 is 2.50 bits per heavy atom. The van der Waals surface area contributed by atoms with Crippen LogP contribution in [0.5, 0.6) is 5.75 Å². The Kier molecular flexibility index (Phi) is 6.20. The third-order valence-corrected chi connectivity index (χ3v) is 5.51. The average molecular weight is 415 g/mol. The largest absolute Gasteiger partial charge is 0.489 e. The number of nitrogens with one attached hydrogen (secondary N) is 1.